The van der Waals surface area contributed by atoms with E-state index in [1.165, 1.54) is 25.1 Å². The van der Waals surface area contributed by atoms with Gasteiger partial charge in [0.1, 0.15) is 17.7 Å². The van der Waals surface area contributed by atoms with Crippen molar-refractivity contribution in [1.29, 1.82) is 0 Å². The summed E-state index contributed by atoms with van der Waals surface area (Å²) in [6, 6.07) is 5.73. The van der Waals surface area contributed by atoms with Gasteiger partial charge in [0.05, 0.1) is 13.2 Å². The zero-order valence-electron chi connectivity index (χ0n) is 11.1. The van der Waals surface area contributed by atoms with E-state index in [9.17, 15) is 12.8 Å². The Kier molecular flexibility index (Phi) is 4.43. The minimum absolute atomic E-state index is 0.0179. The molecule has 2 atom stereocenters. The highest BCUT2D eigenvalue weighted by Gasteiger charge is 2.47. The van der Waals surface area contributed by atoms with Crippen LogP contribution in [0, 0.1) is 5.82 Å². The van der Waals surface area contributed by atoms with Crippen LogP contribution in [0.1, 0.15) is 12.5 Å². The fourth-order valence-corrected chi connectivity index (χ4v) is 3.20. The number of hydrogen-bond donors (Lipinski definition) is 1. The first-order valence-electron chi connectivity index (χ1n) is 6.30. The summed E-state index contributed by atoms with van der Waals surface area (Å²) in [5.74, 6) is -2.86. The van der Waals surface area contributed by atoms with Crippen molar-refractivity contribution in [3.05, 3.63) is 35.6 Å². The van der Waals surface area contributed by atoms with Crippen molar-refractivity contribution in [2.45, 2.75) is 18.8 Å². The molecule has 1 aliphatic heterocycles. The number of aliphatic hydroxyl groups excluding tert-OH is 1. The summed E-state index contributed by atoms with van der Waals surface area (Å²) in [7, 11) is -3.46. The Balaban J connectivity index is 2.43. The van der Waals surface area contributed by atoms with Crippen molar-refractivity contribution in [3.63, 3.8) is 0 Å². The zero-order valence-corrected chi connectivity index (χ0v) is 11.9. The van der Waals surface area contributed by atoms with E-state index in [2.05, 4.69) is 0 Å². The van der Waals surface area contributed by atoms with Gasteiger partial charge in [0.2, 0.25) is 5.79 Å². The van der Waals surface area contributed by atoms with Crippen LogP contribution in [0.15, 0.2) is 24.3 Å². The fraction of sp³-hybridized carbons (Fsp3) is 0.538. The Hall–Kier alpha value is -1.02. The third-order valence-corrected chi connectivity index (χ3v) is 4.90. The van der Waals surface area contributed by atoms with E-state index in [4.69, 9.17) is 14.6 Å². The van der Waals surface area contributed by atoms with Gasteiger partial charge >= 0.3 is 0 Å². The van der Waals surface area contributed by atoms with Crippen LogP contribution >= 0.6 is 0 Å². The molecule has 1 aromatic carbocycles. The molecule has 1 heterocycles. The van der Waals surface area contributed by atoms with Crippen LogP contribution in [-0.2, 0) is 25.1 Å². The first kappa shape index (κ1) is 15.4. The molecule has 0 aromatic heterocycles. The van der Waals surface area contributed by atoms with Gasteiger partial charge < -0.3 is 14.6 Å². The average molecular weight is 304 g/mol. The molecular weight excluding hydrogens is 287 g/mol. The minimum Gasteiger partial charge on any atom is -0.394 e. The van der Waals surface area contributed by atoms with Crippen LogP contribution in [-0.4, -0.2) is 44.3 Å². The molecule has 7 heteroatoms. The molecule has 0 aliphatic carbocycles. The molecule has 0 amide bonds. The van der Waals surface area contributed by atoms with Crippen LogP contribution in [0.3, 0.4) is 0 Å². The molecule has 1 fully saturated rings. The third kappa shape index (κ3) is 3.01. The molecular formula is C13H17FO5S. The molecule has 0 radical (unpaired) electrons. The Morgan fingerprint density at radius 3 is 2.70 bits per heavy atom. The maximum atomic E-state index is 14.0. The van der Waals surface area contributed by atoms with E-state index in [-0.39, 0.29) is 24.5 Å². The van der Waals surface area contributed by atoms with Crippen LogP contribution in [0.4, 0.5) is 4.39 Å². The van der Waals surface area contributed by atoms with Crippen molar-refractivity contribution in [2.24, 2.45) is 0 Å². The van der Waals surface area contributed by atoms with E-state index in [0.29, 0.717) is 0 Å². The molecule has 0 bridgehead atoms. The number of sulfone groups is 1. The molecule has 0 spiro atoms. The van der Waals surface area contributed by atoms with Gasteiger partial charge in [0.15, 0.2) is 9.84 Å². The molecule has 5 nitrogen and oxygen atoms in total. The zero-order chi connectivity index (χ0) is 14.8. The van der Waals surface area contributed by atoms with Crippen molar-refractivity contribution in [2.75, 3.05) is 24.7 Å². The van der Waals surface area contributed by atoms with Gasteiger partial charge in [-0.15, -0.1) is 0 Å². The van der Waals surface area contributed by atoms with Gasteiger partial charge in [0.25, 0.3) is 0 Å². The normalized spacial score (nSPS) is 26.9. The van der Waals surface area contributed by atoms with Gasteiger partial charge in [-0.05, 0) is 6.07 Å². The maximum Gasteiger partial charge on any atom is 0.212 e. The smallest absolute Gasteiger partial charge is 0.212 e. The monoisotopic (exact) mass is 304 g/mol. The largest absolute Gasteiger partial charge is 0.394 e. The first-order valence-corrected chi connectivity index (χ1v) is 8.12. The second-order valence-electron chi connectivity index (χ2n) is 4.64. The first-order chi connectivity index (χ1) is 9.42. The van der Waals surface area contributed by atoms with Gasteiger partial charge in [-0.1, -0.05) is 25.1 Å². The lowest BCUT2D eigenvalue weighted by molar-refractivity contribution is -0.164. The number of ether oxygens (including phenoxy) is 2. The second-order valence-corrected chi connectivity index (χ2v) is 7.00. The van der Waals surface area contributed by atoms with Gasteiger partial charge in [-0.2, -0.15) is 0 Å². The summed E-state index contributed by atoms with van der Waals surface area (Å²) in [6.07, 6.45) is -0.665. The van der Waals surface area contributed by atoms with E-state index in [1.54, 1.807) is 6.07 Å². The molecule has 0 saturated carbocycles. The topological polar surface area (TPSA) is 72.8 Å². The fourth-order valence-electron chi connectivity index (χ4n) is 2.11. The highest BCUT2D eigenvalue weighted by molar-refractivity contribution is 7.91. The van der Waals surface area contributed by atoms with Crippen LogP contribution in [0.25, 0.3) is 0 Å². The van der Waals surface area contributed by atoms with Crippen LogP contribution in [0.5, 0.6) is 0 Å². The van der Waals surface area contributed by atoms with Crippen LogP contribution in [0.2, 0.25) is 0 Å². The van der Waals surface area contributed by atoms with E-state index < -0.39 is 33.3 Å². The maximum absolute atomic E-state index is 14.0. The molecule has 1 saturated heterocycles. The van der Waals surface area contributed by atoms with Gasteiger partial charge in [-0.25, -0.2) is 12.8 Å². The SMILES string of the molecule is CCS(=O)(=O)C[C@]1(c2ccccc2F)OC[C@@H](CO)O1. The Labute approximate surface area is 117 Å². The molecule has 1 N–H and O–H groups in total. The predicted octanol–water partition coefficient (Wildman–Crippen LogP) is 0.821. The Bertz CT molecular complexity index is 574. The van der Waals surface area contributed by atoms with Crippen molar-refractivity contribution in [3.8, 4) is 0 Å². The number of halogens is 1. The summed E-state index contributed by atoms with van der Waals surface area (Å²) in [5, 5.41) is 9.12. The molecule has 20 heavy (non-hydrogen) atoms. The lowest BCUT2D eigenvalue weighted by Gasteiger charge is -2.28. The van der Waals surface area contributed by atoms with Crippen molar-refractivity contribution < 1.29 is 27.4 Å². The molecule has 0 unspecified atom stereocenters. The Morgan fingerprint density at radius 1 is 1.45 bits per heavy atom. The predicted molar refractivity (Wildman–Crippen MR) is 70.3 cm³/mol. The highest BCUT2D eigenvalue weighted by atomic mass is 32.2. The minimum atomic E-state index is -3.46. The summed E-state index contributed by atoms with van der Waals surface area (Å²) in [6.45, 7) is 1.20. The third-order valence-electron chi connectivity index (χ3n) is 3.20. The van der Waals surface area contributed by atoms with Crippen molar-refractivity contribution in [1.82, 2.24) is 0 Å². The summed E-state index contributed by atoms with van der Waals surface area (Å²) in [4.78, 5) is 0. The van der Waals surface area contributed by atoms with E-state index >= 15 is 0 Å². The number of hydrogen-bond acceptors (Lipinski definition) is 5. The second kappa shape index (κ2) is 5.77. The van der Waals surface area contributed by atoms with E-state index in [0.717, 1.165) is 0 Å². The quantitative estimate of drug-likeness (QED) is 0.872. The number of aliphatic hydroxyl groups is 1. The molecule has 2 rings (SSSR count). The number of benzene rings is 1. The highest BCUT2D eigenvalue weighted by Crippen LogP contribution is 2.37. The van der Waals surface area contributed by atoms with Gasteiger partial charge in [-0.3, -0.25) is 0 Å². The summed E-state index contributed by atoms with van der Waals surface area (Å²) in [5.41, 5.74) is 0.0352. The standard InChI is InChI=1S/C13H17FO5S/c1-2-20(16,17)9-13(18-8-10(7-15)19-13)11-5-3-4-6-12(11)14/h3-6,10,15H,2,7-9H2,1H3/t10-,13+/m1/s1. The summed E-state index contributed by atoms with van der Waals surface area (Å²) < 4.78 is 48.7. The number of rotatable bonds is 5. The molecule has 1 aliphatic rings. The molecule has 112 valence electrons. The lowest BCUT2D eigenvalue weighted by Crippen LogP contribution is -2.38. The molecule has 1 aromatic rings. The van der Waals surface area contributed by atoms with Gasteiger partial charge in [0, 0.05) is 11.3 Å². The summed E-state index contributed by atoms with van der Waals surface area (Å²) >= 11 is 0. The lowest BCUT2D eigenvalue weighted by atomic mass is 10.1. The Morgan fingerprint density at radius 2 is 2.15 bits per heavy atom. The van der Waals surface area contributed by atoms with Crippen LogP contribution < -0.4 is 0 Å². The van der Waals surface area contributed by atoms with Crippen molar-refractivity contribution >= 4 is 9.84 Å². The van der Waals surface area contributed by atoms with E-state index in [1.807, 2.05) is 0 Å². The average Bonchev–Trinajstić information content (AvgIpc) is 2.83.